The second-order valence-corrected chi connectivity index (χ2v) is 11.5. The lowest BCUT2D eigenvalue weighted by molar-refractivity contribution is -0.230. The smallest absolute Gasteiger partial charge is 0.337 e. The van der Waals surface area contributed by atoms with Gasteiger partial charge in [-0.15, -0.1) is 0 Å². The zero-order valence-electron chi connectivity index (χ0n) is 20.2. The van der Waals surface area contributed by atoms with Gasteiger partial charge in [0.2, 0.25) is 11.8 Å². The van der Waals surface area contributed by atoms with Crippen molar-refractivity contribution in [3.8, 4) is 0 Å². The van der Waals surface area contributed by atoms with Crippen molar-refractivity contribution in [2.45, 2.75) is 38.5 Å². The first-order chi connectivity index (χ1) is 16.8. The average Bonchev–Trinajstić information content (AvgIpc) is 2.88. The monoisotopic (exact) mass is 480 g/mol. The predicted molar refractivity (Wildman–Crippen MR) is 125 cm³/mol. The summed E-state index contributed by atoms with van der Waals surface area (Å²) in [5.74, 6) is 3.80. The van der Waals surface area contributed by atoms with Crippen LogP contribution in [0.4, 0.5) is 5.69 Å². The topological polar surface area (TPSA) is 111 Å². The fourth-order valence-corrected chi connectivity index (χ4v) is 8.91. The van der Waals surface area contributed by atoms with Gasteiger partial charge in [-0.2, -0.15) is 0 Å². The summed E-state index contributed by atoms with van der Waals surface area (Å²) < 4.78 is 9.47. The minimum absolute atomic E-state index is 0.0132. The van der Waals surface area contributed by atoms with E-state index in [1.807, 2.05) is 0 Å². The molecule has 8 heteroatoms. The van der Waals surface area contributed by atoms with Crippen molar-refractivity contribution in [3.63, 3.8) is 0 Å². The van der Waals surface area contributed by atoms with Gasteiger partial charge in [0.05, 0.1) is 37.3 Å². The summed E-state index contributed by atoms with van der Waals surface area (Å²) in [7, 11) is 2.48. The number of carbonyl (C=O) groups excluding carboxylic acids is 4. The Balaban J connectivity index is 1.12. The van der Waals surface area contributed by atoms with E-state index in [4.69, 9.17) is 9.47 Å². The highest BCUT2D eigenvalue weighted by molar-refractivity contribution is 6.00. The lowest BCUT2D eigenvalue weighted by atomic mass is 9.33. The van der Waals surface area contributed by atoms with Gasteiger partial charge in [-0.1, -0.05) is 0 Å². The van der Waals surface area contributed by atoms with E-state index >= 15 is 0 Å². The number of nitrogens with one attached hydrogen (secondary N) is 2. The molecule has 0 atom stereocenters. The Labute approximate surface area is 204 Å². The second-order valence-electron chi connectivity index (χ2n) is 11.5. The number of hydrogen-bond donors (Lipinski definition) is 2. The van der Waals surface area contributed by atoms with Gasteiger partial charge in [0.1, 0.15) is 0 Å². The molecule has 1 aromatic carbocycles. The van der Waals surface area contributed by atoms with Crippen LogP contribution in [-0.2, 0) is 19.1 Å². The van der Waals surface area contributed by atoms with Crippen LogP contribution in [0.3, 0.4) is 0 Å². The van der Waals surface area contributed by atoms with Gasteiger partial charge in [-0.05, 0) is 98.1 Å². The third kappa shape index (κ3) is 3.47. The van der Waals surface area contributed by atoms with Gasteiger partial charge in [0, 0.05) is 5.69 Å². The zero-order chi connectivity index (χ0) is 24.5. The average molecular weight is 481 g/mol. The molecule has 8 bridgehead atoms. The van der Waals surface area contributed by atoms with Crippen LogP contribution >= 0.6 is 0 Å². The highest BCUT2D eigenvalue weighted by atomic mass is 16.5. The predicted octanol–water partition coefficient (Wildman–Crippen LogP) is 3.02. The van der Waals surface area contributed by atoms with E-state index in [-0.39, 0.29) is 34.7 Å². The minimum Gasteiger partial charge on any atom is -0.465 e. The maximum Gasteiger partial charge on any atom is 0.337 e. The second kappa shape index (κ2) is 8.07. The minimum atomic E-state index is -0.635. The maximum atomic E-state index is 13.4. The number of amides is 2. The number of rotatable bonds is 6. The molecule has 0 aliphatic heterocycles. The molecular weight excluding hydrogens is 448 g/mol. The molecular formula is C27H32N2O6. The number of methoxy groups -OCH3 is 2. The van der Waals surface area contributed by atoms with E-state index < -0.39 is 17.8 Å². The van der Waals surface area contributed by atoms with E-state index in [0.717, 1.165) is 42.9 Å². The molecule has 186 valence electrons. The van der Waals surface area contributed by atoms with E-state index in [0.29, 0.717) is 17.8 Å². The summed E-state index contributed by atoms with van der Waals surface area (Å²) in [5, 5.41) is 5.60. The SMILES string of the molecule is COC(=O)c1cc(NC(=O)CNC(=O)C23CC4C5CC6CC4C(C2)C(C6)C5C3)cc(C(=O)OC)c1. The largest absolute Gasteiger partial charge is 0.465 e. The molecule has 2 N–H and O–H groups in total. The number of ether oxygens (including phenoxy) is 2. The quantitative estimate of drug-likeness (QED) is 0.606. The Hall–Kier alpha value is -2.90. The first-order valence-corrected chi connectivity index (χ1v) is 12.7. The maximum absolute atomic E-state index is 13.4. The normalized spacial score (nSPS) is 37.1. The molecule has 7 fully saturated rings. The van der Waals surface area contributed by atoms with Crippen molar-refractivity contribution in [3.05, 3.63) is 29.3 Å². The molecule has 2 amide bonds. The number of benzene rings is 1. The Morgan fingerprint density at radius 1 is 0.800 bits per heavy atom. The van der Waals surface area contributed by atoms with Gasteiger partial charge < -0.3 is 20.1 Å². The van der Waals surface area contributed by atoms with Gasteiger partial charge >= 0.3 is 11.9 Å². The van der Waals surface area contributed by atoms with Crippen molar-refractivity contribution in [2.24, 2.45) is 46.8 Å². The molecule has 0 aromatic heterocycles. The Bertz CT molecular complexity index is 1020. The number of anilines is 1. The number of carbonyl (C=O) groups is 4. The zero-order valence-corrected chi connectivity index (χ0v) is 20.2. The molecule has 0 spiro atoms. The summed E-state index contributed by atoms with van der Waals surface area (Å²) in [6.07, 6.45) is 7.04. The molecule has 7 aliphatic rings. The van der Waals surface area contributed by atoms with Gasteiger partial charge in [0.15, 0.2) is 0 Å². The molecule has 8 nitrogen and oxygen atoms in total. The molecule has 0 heterocycles. The van der Waals surface area contributed by atoms with E-state index in [9.17, 15) is 19.2 Å². The summed E-state index contributed by atoms with van der Waals surface area (Å²) in [6, 6.07) is 4.21. The van der Waals surface area contributed by atoms with Crippen LogP contribution in [0.25, 0.3) is 0 Å². The lowest BCUT2D eigenvalue weighted by Crippen LogP contribution is -2.67. The number of esters is 2. The van der Waals surface area contributed by atoms with Crippen molar-refractivity contribution >= 4 is 29.4 Å². The number of hydrogen-bond acceptors (Lipinski definition) is 6. The van der Waals surface area contributed by atoms with Crippen molar-refractivity contribution < 1.29 is 28.7 Å². The van der Waals surface area contributed by atoms with Crippen LogP contribution in [0.2, 0.25) is 0 Å². The van der Waals surface area contributed by atoms with E-state index in [1.165, 1.54) is 51.7 Å². The highest BCUT2D eigenvalue weighted by Crippen LogP contribution is 2.74. The fraction of sp³-hybridized carbons (Fsp3) is 0.630. The van der Waals surface area contributed by atoms with Crippen LogP contribution in [0.5, 0.6) is 0 Å². The van der Waals surface area contributed by atoms with Crippen LogP contribution in [0, 0.1) is 46.8 Å². The fourth-order valence-electron chi connectivity index (χ4n) is 8.91. The Morgan fingerprint density at radius 3 is 1.74 bits per heavy atom. The first-order valence-electron chi connectivity index (χ1n) is 12.7. The standard InChI is InChI=1S/C27H32N2O6/c1-34-24(31)14-6-15(25(32)35-2)8-16(7-14)29-23(30)12-28-26(33)27-9-20-17-3-13-4-18(20)22(11-27)19(5-13)21(17)10-27/h6-8,13,17-22H,3-5,9-12H2,1-2H3,(H,28,33)(H,29,30). The third-order valence-corrected chi connectivity index (χ3v) is 9.95. The van der Waals surface area contributed by atoms with Crippen molar-refractivity contribution in [2.75, 3.05) is 26.1 Å². The molecule has 8 rings (SSSR count). The van der Waals surface area contributed by atoms with E-state index in [1.54, 1.807) is 0 Å². The summed E-state index contributed by atoms with van der Waals surface area (Å²) in [5.41, 5.74) is 0.172. The van der Waals surface area contributed by atoms with Crippen molar-refractivity contribution in [1.82, 2.24) is 5.32 Å². The Morgan fingerprint density at radius 2 is 1.29 bits per heavy atom. The molecule has 35 heavy (non-hydrogen) atoms. The summed E-state index contributed by atoms with van der Waals surface area (Å²) >= 11 is 0. The van der Waals surface area contributed by atoms with Crippen LogP contribution in [0.1, 0.15) is 59.2 Å². The van der Waals surface area contributed by atoms with E-state index in [2.05, 4.69) is 10.6 Å². The highest BCUT2D eigenvalue weighted by Gasteiger charge is 2.68. The molecule has 0 unspecified atom stereocenters. The first kappa shape index (κ1) is 22.6. The van der Waals surface area contributed by atoms with Gasteiger partial charge in [-0.25, -0.2) is 9.59 Å². The molecule has 0 saturated heterocycles. The third-order valence-electron chi connectivity index (χ3n) is 9.95. The van der Waals surface area contributed by atoms with Crippen LogP contribution < -0.4 is 10.6 Å². The Kier molecular flexibility index (Phi) is 5.20. The summed E-state index contributed by atoms with van der Waals surface area (Å²) in [4.78, 5) is 50.1. The summed E-state index contributed by atoms with van der Waals surface area (Å²) in [6.45, 7) is -0.158. The van der Waals surface area contributed by atoms with Gasteiger partial charge in [0.25, 0.3) is 0 Å². The van der Waals surface area contributed by atoms with Crippen molar-refractivity contribution in [1.29, 1.82) is 0 Å². The van der Waals surface area contributed by atoms with Crippen LogP contribution in [-0.4, -0.2) is 44.5 Å². The van der Waals surface area contributed by atoms with Crippen LogP contribution in [0.15, 0.2) is 18.2 Å². The molecule has 0 radical (unpaired) electrons. The van der Waals surface area contributed by atoms with Gasteiger partial charge in [-0.3, -0.25) is 9.59 Å². The lowest BCUT2D eigenvalue weighted by Gasteiger charge is -2.72. The molecule has 7 saturated carbocycles. The molecule has 1 aromatic rings. The molecule has 7 aliphatic carbocycles.